The van der Waals surface area contributed by atoms with Crippen molar-refractivity contribution in [2.24, 2.45) is 0 Å². The number of carbonyl (C=O) groups excluding carboxylic acids is 1. The third-order valence-electron chi connectivity index (χ3n) is 5.63. The molecule has 2 aromatic carbocycles. The van der Waals surface area contributed by atoms with Gasteiger partial charge in [-0.15, -0.1) is 0 Å². The van der Waals surface area contributed by atoms with Crippen LogP contribution in [-0.2, 0) is 10.2 Å². The van der Waals surface area contributed by atoms with E-state index in [9.17, 15) is 9.18 Å². The average molecular weight is 426 g/mol. The monoisotopic (exact) mass is 425 g/mol. The van der Waals surface area contributed by atoms with Gasteiger partial charge in [0.05, 0.1) is 6.20 Å². The van der Waals surface area contributed by atoms with Crippen molar-refractivity contribution in [2.45, 2.75) is 23.4 Å². The topological polar surface area (TPSA) is 56.1 Å². The number of hydrogen-bond donors (Lipinski definition) is 1. The predicted octanol–water partition coefficient (Wildman–Crippen LogP) is 4.21. The Hall–Kier alpha value is -2.64. The number of halogens is 1. The summed E-state index contributed by atoms with van der Waals surface area (Å²) in [7, 11) is 0. The molecule has 0 saturated carbocycles. The molecule has 1 amide bonds. The second kappa shape index (κ2) is 9.02. The first kappa shape index (κ1) is 20.6. The maximum atomic E-state index is 13.9. The van der Waals surface area contributed by atoms with Gasteiger partial charge in [0.1, 0.15) is 11.5 Å². The number of thioether (sulfide) groups is 1. The van der Waals surface area contributed by atoms with Crippen molar-refractivity contribution in [3.8, 4) is 5.69 Å². The molecule has 1 aliphatic rings. The Morgan fingerprint density at radius 2 is 1.97 bits per heavy atom. The molecule has 1 saturated heterocycles. The maximum Gasteiger partial charge on any atom is 0.269 e. The van der Waals surface area contributed by atoms with Gasteiger partial charge >= 0.3 is 0 Å². The third-order valence-corrected chi connectivity index (χ3v) is 6.29. The number of aromatic nitrogens is 2. The molecule has 3 aromatic rings. The number of imidazole rings is 1. The first-order valence-electron chi connectivity index (χ1n) is 9.92. The summed E-state index contributed by atoms with van der Waals surface area (Å²) in [6.07, 6.45) is 4.99. The maximum absolute atomic E-state index is 13.9. The van der Waals surface area contributed by atoms with Crippen LogP contribution < -0.4 is 5.32 Å². The zero-order chi connectivity index (χ0) is 21.0. The van der Waals surface area contributed by atoms with Crippen molar-refractivity contribution in [3.05, 3.63) is 77.9 Å². The zero-order valence-corrected chi connectivity index (χ0v) is 17.6. The largest absolute Gasteiger partial charge is 0.381 e. The summed E-state index contributed by atoms with van der Waals surface area (Å²) in [4.78, 5) is 17.6. The number of rotatable bonds is 6. The summed E-state index contributed by atoms with van der Waals surface area (Å²) >= 11 is 1.49. The number of para-hydroxylation sites is 1. The van der Waals surface area contributed by atoms with Gasteiger partial charge < -0.3 is 10.1 Å². The Morgan fingerprint density at radius 3 is 2.67 bits per heavy atom. The van der Waals surface area contributed by atoms with Crippen LogP contribution in [0.2, 0.25) is 0 Å². The van der Waals surface area contributed by atoms with Crippen molar-refractivity contribution in [1.82, 2.24) is 14.9 Å². The lowest BCUT2D eigenvalue weighted by Gasteiger charge is -2.38. The van der Waals surface area contributed by atoms with Gasteiger partial charge in [0, 0.05) is 30.9 Å². The summed E-state index contributed by atoms with van der Waals surface area (Å²) in [6.45, 7) is 1.59. The second-order valence-electron chi connectivity index (χ2n) is 7.39. The summed E-state index contributed by atoms with van der Waals surface area (Å²) in [5.74, 6) is -0.467. The lowest BCUT2D eigenvalue weighted by molar-refractivity contribution is 0.0485. The van der Waals surface area contributed by atoms with E-state index in [0.29, 0.717) is 25.5 Å². The highest BCUT2D eigenvalue weighted by Gasteiger charge is 2.35. The van der Waals surface area contributed by atoms with Crippen LogP contribution in [0.3, 0.4) is 0 Å². The molecular formula is C23H24FN3O2S. The third kappa shape index (κ3) is 4.13. The van der Waals surface area contributed by atoms with E-state index in [1.807, 2.05) is 47.2 Å². The van der Waals surface area contributed by atoms with E-state index < -0.39 is 0 Å². The molecule has 1 aliphatic heterocycles. The quantitative estimate of drug-likeness (QED) is 0.601. The van der Waals surface area contributed by atoms with Crippen LogP contribution in [0, 0.1) is 5.82 Å². The first-order valence-corrected chi connectivity index (χ1v) is 11.1. The Bertz CT molecular complexity index is 1020. The minimum absolute atomic E-state index is 0.200. The summed E-state index contributed by atoms with van der Waals surface area (Å²) in [5.41, 5.74) is 1.91. The lowest BCUT2D eigenvalue weighted by atomic mass is 9.74. The Balaban J connectivity index is 1.60. The van der Waals surface area contributed by atoms with Gasteiger partial charge in [-0.1, -0.05) is 42.1 Å². The van der Waals surface area contributed by atoms with E-state index in [2.05, 4.69) is 10.3 Å². The van der Waals surface area contributed by atoms with Gasteiger partial charge in [-0.2, -0.15) is 0 Å². The number of nitrogens with one attached hydrogen (secondary N) is 1. The van der Waals surface area contributed by atoms with E-state index in [1.54, 1.807) is 18.3 Å². The van der Waals surface area contributed by atoms with Gasteiger partial charge in [-0.25, -0.2) is 9.37 Å². The van der Waals surface area contributed by atoms with Crippen LogP contribution in [0.15, 0.2) is 66.0 Å². The van der Waals surface area contributed by atoms with Gasteiger partial charge in [0.2, 0.25) is 0 Å². The number of benzene rings is 2. The zero-order valence-electron chi connectivity index (χ0n) is 16.8. The smallest absolute Gasteiger partial charge is 0.269 e. The second-order valence-corrected chi connectivity index (χ2v) is 8.16. The molecule has 0 bridgehead atoms. The van der Waals surface area contributed by atoms with Crippen LogP contribution in [0.4, 0.5) is 4.39 Å². The molecule has 1 fully saturated rings. The molecule has 1 aromatic heterocycles. The highest BCUT2D eigenvalue weighted by molar-refractivity contribution is 7.98. The number of ether oxygens (including phenoxy) is 1. The summed E-state index contributed by atoms with van der Waals surface area (Å²) < 4.78 is 21.3. The molecule has 2 heterocycles. The van der Waals surface area contributed by atoms with Crippen LogP contribution >= 0.6 is 11.8 Å². The molecule has 0 atom stereocenters. The number of hydrogen-bond acceptors (Lipinski definition) is 4. The van der Waals surface area contributed by atoms with Gasteiger partial charge in [0.15, 0.2) is 5.16 Å². The summed E-state index contributed by atoms with van der Waals surface area (Å²) in [6, 6.07) is 16.4. The number of nitrogens with zero attached hydrogens (tertiary/aromatic N) is 2. The van der Waals surface area contributed by atoms with Gasteiger partial charge in [-0.05, 0) is 48.9 Å². The van der Waals surface area contributed by atoms with Crippen molar-refractivity contribution < 1.29 is 13.9 Å². The van der Waals surface area contributed by atoms with Crippen LogP contribution in [0.25, 0.3) is 5.69 Å². The van der Waals surface area contributed by atoms with Crippen molar-refractivity contribution in [1.29, 1.82) is 0 Å². The highest BCUT2D eigenvalue weighted by Crippen LogP contribution is 2.34. The van der Waals surface area contributed by atoms with E-state index in [0.717, 1.165) is 29.2 Å². The van der Waals surface area contributed by atoms with Gasteiger partial charge in [0.25, 0.3) is 5.91 Å². The van der Waals surface area contributed by atoms with Crippen LogP contribution in [0.5, 0.6) is 0 Å². The van der Waals surface area contributed by atoms with E-state index in [1.165, 1.54) is 17.8 Å². The fourth-order valence-corrected chi connectivity index (χ4v) is 4.50. The minimum Gasteiger partial charge on any atom is -0.381 e. The van der Waals surface area contributed by atoms with Crippen molar-refractivity contribution in [2.75, 3.05) is 26.0 Å². The first-order chi connectivity index (χ1) is 14.6. The molecule has 4 rings (SSSR count). The molecule has 30 heavy (non-hydrogen) atoms. The van der Waals surface area contributed by atoms with E-state index >= 15 is 0 Å². The molecule has 0 unspecified atom stereocenters. The van der Waals surface area contributed by atoms with Crippen LogP contribution in [0.1, 0.15) is 28.9 Å². The normalized spacial score (nSPS) is 15.7. The van der Waals surface area contributed by atoms with E-state index in [-0.39, 0.29) is 17.1 Å². The molecular weight excluding hydrogens is 401 g/mol. The fourth-order valence-electron chi connectivity index (χ4n) is 3.95. The van der Waals surface area contributed by atoms with E-state index in [4.69, 9.17) is 4.74 Å². The minimum atomic E-state index is -0.351. The average Bonchev–Trinajstić information content (AvgIpc) is 3.23. The molecule has 0 aliphatic carbocycles. The lowest BCUT2D eigenvalue weighted by Crippen LogP contribution is -2.45. The SMILES string of the molecule is CSc1ncc(C(=O)NCC2(c3cccc(F)c3)CCOCC2)n1-c1ccccc1. The van der Waals surface area contributed by atoms with Crippen molar-refractivity contribution in [3.63, 3.8) is 0 Å². The Morgan fingerprint density at radius 1 is 1.20 bits per heavy atom. The Kier molecular flexibility index (Phi) is 6.20. The van der Waals surface area contributed by atoms with Gasteiger partial charge in [-0.3, -0.25) is 9.36 Å². The van der Waals surface area contributed by atoms with Crippen LogP contribution in [-0.4, -0.2) is 41.5 Å². The summed E-state index contributed by atoms with van der Waals surface area (Å²) in [5, 5.41) is 3.84. The molecule has 5 nitrogen and oxygen atoms in total. The molecule has 156 valence electrons. The highest BCUT2D eigenvalue weighted by atomic mass is 32.2. The Labute approximate surface area is 179 Å². The fraction of sp³-hybridized carbons (Fsp3) is 0.304. The molecule has 7 heteroatoms. The number of amides is 1. The molecule has 0 radical (unpaired) electrons. The predicted molar refractivity (Wildman–Crippen MR) is 116 cm³/mol. The van der Waals surface area contributed by atoms with Crippen molar-refractivity contribution >= 4 is 17.7 Å². The molecule has 1 N–H and O–H groups in total. The standard InChI is InChI=1S/C23H24FN3O2S/c1-30-22-25-15-20(27(22)19-8-3-2-4-9-19)21(28)26-16-23(10-12-29-13-11-23)17-6-5-7-18(24)14-17/h2-9,14-15H,10-13,16H2,1H3,(H,26,28). The number of carbonyl (C=O) groups is 1. The molecule has 0 spiro atoms.